The maximum Gasteiger partial charge on any atom is 0.244 e. The van der Waals surface area contributed by atoms with Crippen LogP contribution in [-0.2, 0) is 4.79 Å². The molecule has 4 heteroatoms. The summed E-state index contributed by atoms with van der Waals surface area (Å²) in [4.78, 5) is 11.5. The molecule has 1 aromatic rings. The smallest absolute Gasteiger partial charge is 0.244 e. The van der Waals surface area contributed by atoms with Crippen LogP contribution in [0.3, 0.4) is 0 Å². The van der Waals surface area contributed by atoms with Crippen molar-refractivity contribution in [3.05, 3.63) is 41.7 Å². The first-order chi connectivity index (χ1) is 8.49. The SMILES string of the molecule is CC(=CC(=O)NCCC(C)O)c1cccc(F)c1. The lowest BCUT2D eigenvalue weighted by molar-refractivity contribution is -0.116. The van der Waals surface area contributed by atoms with E-state index in [9.17, 15) is 9.18 Å². The first-order valence-electron chi connectivity index (χ1n) is 5.89. The summed E-state index contributed by atoms with van der Waals surface area (Å²) < 4.78 is 13.0. The Balaban J connectivity index is 2.57. The summed E-state index contributed by atoms with van der Waals surface area (Å²) in [7, 11) is 0. The number of aliphatic hydroxyl groups is 1. The fourth-order valence-corrected chi connectivity index (χ4v) is 1.47. The van der Waals surface area contributed by atoms with Crippen LogP contribution in [0.15, 0.2) is 30.3 Å². The number of amides is 1. The van der Waals surface area contributed by atoms with Crippen molar-refractivity contribution in [2.45, 2.75) is 26.4 Å². The second kappa shape index (κ2) is 6.91. The maximum atomic E-state index is 13.0. The molecule has 0 fully saturated rings. The van der Waals surface area contributed by atoms with Gasteiger partial charge in [-0.25, -0.2) is 4.39 Å². The molecule has 1 rings (SSSR count). The van der Waals surface area contributed by atoms with E-state index in [4.69, 9.17) is 5.11 Å². The molecular weight excluding hydrogens is 233 g/mol. The third-order valence-corrected chi connectivity index (χ3v) is 2.49. The molecule has 0 bridgehead atoms. The Morgan fingerprint density at radius 2 is 2.28 bits per heavy atom. The molecule has 0 saturated carbocycles. The van der Waals surface area contributed by atoms with Crippen LogP contribution >= 0.6 is 0 Å². The lowest BCUT2D eigenvalue weighted by Gasteiger charge is -2.05. The van der Waals surface area contributed by atoms with Gasteiger partial charge in [0.25, 0.3) is 0 Å². The van der Waals surface area contributed by atoms with E-state index in [1.54, 1.807) is 26.0 Å². The number of benzene rings is 1. The molecule has 0 aliphatic rings. The van der Waals surface area contributed by atoms with Crippen molar-refractivity contribution < 1.29 is 14.3 Å². The molecule has 1 atom stereocenters. The van der Waals surface area contributed by atoms with E-state index in [1.165, 1.54) is 18.2 Å². The summed E-state index contributed by atoms with van der Waals surface area (Å²) in [6, 6.07) is 6.10. The highest BCUT2D eigenvalue weighted by Crippen LogP contribution is 2.14. The third-order valence-electron chi connectivity index (χ3n) is 2.49. The summed E-state index contributed by atoms with van der Waals surface area (Å²) in [6.07, 6.45) is 1.51. The minimum Gasteiger partial charge on any atom is -0.393 e. The quantitative estimate of drug-likeness (QED) is 0.787. The molecule has 0 aromatic heterocycles. The Hall–Kier alpha value is -1.68. The van der Waals surface area contributed by atoms with Crippen LogP contribution in [0.2, 0.25) is 0 Å². The first-order valence-corrected chi connectivity index (χ1v) is 5.89. The van der Waals surface area contributed by atoms with Crippen molar-refractivity contribution in [2.75, 3.05) is 6.54 Å². The molecule has 0 aliphatic heterocycles. The number of hydrogen-bond donors (Lipinski definition) is 2. The maximum absolute atomic E-state index is 13.0. The Kier molecular flexibility index (Phi) is 5.52. The van der Waals surface area contributed by atoms with Gasteiger partial charge < -0.3 is 10.4 Å². The summed E-state index contributed by atoms with van der Waals surface area (Å²) >= 11 is 0. The molecule has 98 valence electrons. The number of aliphatic hydroxyl groups excluding tert-OH is 1. The van der Waals surface area contributed by atoms with Crippen molar-refractivity contribution in [3.63, 3.8) is 0 Å². The number of carbonyl (C=O) groups is 1. The van der Waals surface area contributed by atoms with Crippen LogP contribution in [-0.4, -0.2) is 23.7 Å². The number of carbonyl (C=O) groups excluding carboxylic acids is 1. The molecule has 1 unspecified atom stereocenters. The normalized spacial score (nSPS) is 13.2. The average molecular weight is 251 g/mol. The van der Waals surface area contributed by atoms with E-state index in [2.05, 4.69) is 5.32 Å². The molecule has 18 heavy (non-hydrogen) atoms. The fourth-order valence-electron chi connectivity index (χ4n) is 1.47. The van der Waals surface area contributed by atoms with Crippen molar-refractivity contribution in [2.24, 2.45) is 0 Å². The van der Waals surface area contributed by atoms with Crippen LogP contribution < -0.4 is 5.32 Å². The molecule has 3 nitrogen and oxygen atoms in total. The Bertz CT molecular complexity index is 441. The molecule has 1 aromatic carbocycles. The minimum atomic E-state index is -0.432. The highest BCUT2D eigenvalue weighted by molar-refractivity contribution is 5.94. The fraction of sp³-hybridized carbons (Fsp3) is 0.357. The van der Waals surface area contributed by atoms with Crippen LogP contribution in [0.5, 0.6) is 0 Å². The monoisotopic (exact) mass is 251 g/mol. The molecule has 0 radical (unpaired) electrons. The van der Waals surface area contributed by atoms with Gasteiger partial charge in [0.15, 0.2) is 0 Å². The van der Waals surface area contributed by atoms with E-state index in [0.717, 1.165) is 0 Å². The van der Waals surface area contributed by atoms with Crippen molar-refractivity contribution in [1.29, 1.82) is 0 Å². The topological polar surface area (TPSA) is 49.3 Å². The van der Waals surface area contributed by atoms with E-state index in [1.807, 2.05) is 0 Å². The van der Waals surface area contributed by atoms with Crippen molar-refractivity contribution in [3.8, 4) is 0 Å². The van der Waals surface area contributed by atoms with E-state index >= 15 is 0 Å². The zero-order valence-electron chi connectivity index (χ0n) is 10.6. The number of rotatable bonds is 5. The van der Waals surface area contributed by atoms with Crippen LogP contribution in [0, 0.1) is 5.82 Å². The predicted octanol–water partition coefficient (Wildman–Crippen LogP) is 2.12. The highest BCUT2D eigenvalue weighted by Gasteiger charge is 2.02. The average Bonchev–Trinajstić information content (AvgIpc) is 2.28. The first kappa shape index (κ1) is 14.4. The number of allylic oxidation sites excluding steroid dienone is 1. The van der Waals surface area contributed by atoms with Gasteiger partial charge >= 0.3 is 0 Å². The Morgan fingerprint density at radius 3 is 2.89 bits per heavy atom. The molecule has 2 N–H and O–H groups in total. The van der Waals surface area contributed by atoms with E-state index < -0.39 is 6.10 Å². The zero-order valence-corrected chi connectivity index (χ0v) is 10.6. The summed E-state index contributed by atoms with van der Waals surface area (Å²) in [6.45, 7) is 3.84. The van der Waals surface area contributed by atoms with E-state index in [-0.39, 0.29) is 11.7 Å². The second-order valence-corrected chi connectivity index (χ2v) is 4.27. The van der Waals surface area contributed by atoms with Gasteiger partial charge in [-0.1, -0.05) is 12.1 Å². The van der Waals surface area contributed by atoms with Gasteiger partial charge in [0.2, 0.25) is 5.91 Å². The standard InChI is InChI=1S/C14H18FNO2/c1-10(12-4-3-5-13(15)9-12)8-14(18)16-7-6-11(2)17/h3-5,8-9,11,17H,6-7H2,1-2H3,(H,16,18). The Labute approximate surface area is 106 Å². The lowest BCUT2D eigenvalue weighted by atomic mass is 10.1. The lowest BCUT2D eigenvalue weighted by Crippen LogP contribution is -2.24. The van der Waals surface area contributed by atoms with Gasteiger partial charge in [0, 0.05) is 12.6 Å². The van der Waals surface area contributed by atoms with Gasteiger partial charge in [-0.2, -0.15) is 0 Å². The van der Waals surface area contributed by atoms with Crippen LogP contribution in [0.1, 0.15) is 25.8 Å². The predicted molar refractivity (Wildman–Crippen MR) is 69.4 cm³/mol. The minimum absolute atomic E-state index is 0.239. The van der Waals surface area contributed by atoms with Crippen molar-refractivity contribution in [1.82, 2.24) is 5.32 Å². The van der Waals surface area contributed by atoms with Crippen LogP contribution in [0.4, 0.5) is 4.39 Å². The summed E-state index contributed by atoms with van der Waals surface area (Å²) in [5, 5.41) is 11.7. The molecular formula is C14H18FNO2. The number of hydrogen-bond acceptors (Lipinski definition) is 2. The van der Waals surface area contributed by atoms with Crippen LogP contribution in [0.25, 0.3) is 5.57 Å². The molecule has 0 spiro atoms. The third kappa shape index (κ3) is 5.10. The van der Waals surface area contributed by atoms with Gasteiger partial charge in [0.05, 0.1) is 6.10 Å². The molecule has 0 heterocycles. The largest absolute Gasteiger partial charge is 0.393 e. The van der Waals surface area contributed by atoms with Gasteiger partial charge in [-0.3, -0.25) is 4.79 Å². The number of halogens is 1. The number of nitrogens with one attached hydrogen (secondary N) is 1. The molecule has 0 aliphatic carbocycles. The van der Waals surface area contributed by atoms with Gasteiger partial charge in [-0.05, 0) is 43.5 Å². The zero-order chi connectivity index (χ0) is 13.5. The summed E-state index contributed by atoms with van der Waals surface area (Å²) in [5.74, 6) is -0.563. The summed E-state index contributed by atoms with van der Waals surface area (Å²) in [5.41, 5.74) is 1.38. The molecule has 0 saturated heterocycles. The van der Waals surface area contributed by atoms with Crippen molar-refractivity contribution >= 4 is 11.5 Å². The van der Waals surface area contributed by atoms with E-state index in [0.29, 0.717) is 24.1 Å². The van der Waals surface area contributed by atoms with Gasteiger partial charge in [-0.15, -0.1) is 0 Å². The highest BCUT2D eigenvalue weighted by atomic mass is 19.1. The molecule has 1 amide bonds. The van der Waals surface area contributed by atoms with Gasteiger partial charge in [0.1, 0.15) is 5.82 Å². The second-order valence-electron chi connectivity index (χ2n) is 4.27. The Morgan fingerprint density at radius 1 is 1.56 bits per heavy atom.